The highest BCUT2D eigenvalue weighted by molar-refractivity contribution is 8.01. The SMILES string of the molecule is C=CCSc1nnc(NC(=O)C2CCS(=O)(=O)C2)s1. The third-order valence-corrected chi connectivity index (χ3v) is 6.30. The van der Waals surface area contributed by atoms with Gasteiger partial charge in [0.2, 0.25) is 11.0 Å². The third kappa shape index (κ3) is 4.02. The number of carbonyl (C=O) groups is 1. The highest BCUT2D eigenvalue weighted by atomic mass is 32.2. The van der Waals surface area contributed by atoms with E-state index in [0.29, 0.717) is 11.6 Å². The number of sulfone groups is 1. The molecular weight excluding hydrogens is 306 g/mol. The lowest BCUT2D eigenvalue weighted by molar-refractivity contribution is -0.119. The van der Waals surface area contributed by atoms with E-state index < -0.39 is 15.8 Å². The Hall–Kier alpha value is -0.930. The normalized spacial score (nSPS) is 21.2. The fourth-order valence-electron chi connectivity index (χ4n) is 1.66. The summed E-state index contributed by atoms with van der Waals surface area (Å²) in [6.07, 6.45) is 2.14. The summed E-state index contributed by atoms with van der Waals surface area (Å²) in [6, 6.07) is 0. The zero-order chi connectivity index (χ0) is 13.9. The van der Waals surface area contributed by atoms with E-state index in [-0.39, 0.29) is 17.4 Å². The van der Waals surface area contributed by atoms with Crippen molar-refractivity contribution in [2.75, 3.05) is 22.6 Å². The number of anilines is 1. The number of carbonyl (C=O) groups excluding carboxylic acids is 1. The van der Waals surface area contributed by atoms with Gasteiger partial charge in [-0.25, -0.2) is 8.42 Å². The molecule has 0 spiro atoms. The first-order chi connectivity index (χ1) is 9.00. The van der Waals surface area contributed by atoms with Gasteiger partial charge in [-0.2, -0.15) is 0 Å². The van der Waals surface area contributed by atoms with Crippen molar-refractivity contribution in [3.8, 4) is 0 Å². The van der Waals surface area contributed by atoms with Crippen molar-refractivity contribution < 1.29 is 13.2 Å². The van der Waals surface area contributed by atoms with Crippen LogP contribution in [0.4, 0.5) is 5.13 Å². The molecule has 6 nitrogen and oxygen atoms in total. The molecule has 0 bridgehead atoms. The van der Waals surface area contributed by atoms with Crippen molar-refractivity contribution >= 4 is 44.0 Å². The van der Waals surface area contributed by atoms with Crippen LogP contribution in [0.5, 0.6) is 0 Å². The average Bonchev–Trinajstić information content (AvgIpc) is 2.93. The molecule has 1 aromatic rings. The van der Waals surface area contributed by atoms with Crippen molar-refractivity contribution in [1.82, 2.24) is 10.2 Å². The quantitative estimate of drug-likeness (QED) is 0.498. The number of hydrogen-bond donors (Lipinski definition) is 1. The van der Waals surface area contributed by atoms with Gasteiger partial charge in [-0.3, -0.25) is 4.79 Å². The van der Waals surface area contributed by atoms with Crippen LogP contribution in [0.1, 0.15) is 6.42 Å². The topological polar surface area (TPSA) is 89.0 Å². The minimum Gasteiger partial charge on any atom is -0.300 e. The predicted octanol–water partition coefficient (Wildman–Crippen LogP) is 1.19. The Balaban J connectivity index is 1.92. The second-order valence-corrected chi connectivity index (χ2v) is 8.54. The van der Waals surface area contributed by atoms with Crippen LogP contribution in [0.2, 0.25) is 0 Å². The summed E-state index contributed by atoms with van der Waals surface area (Å²) < 4.78 is 23.3. The molecule has 1 amide bonds. The number of aromatic nitrogens is 2. The maximum absolute atomic E-state index is 11.9. The number of amides is 1. The number of hydrogen-bond acceptors (Lipinski definition) is 7. The second kappa shape index (κ2) is 6.02. The number of rotatable bonds is 5. The van der Waals surface area contributed by atoms with Gasteiger partial charge in [0.15, 0.2) is 14.2 Å². The van der Waals surface area contributed by atoms with E-state index >= 15 is 0 Å². The molecule has 0 radical (unpaired) electrons. The molecule has 0 aliphatic carbocycles. The first-order valence-electron chi connectivity index (χ1n) is 5.58. The second-order valence-electron chi connectivity index (χ2n) is 4.06. The van der Waals surface area contributed by atoms with Gasteiger partial charge >= 0.3 is 0 Å². The summed E-state index contributed by atoms with van der Waals surface area (Å²) in [7, 11) is -3.05. The van der Waals surface area contributed by atoms with E-state index in [1.165, 1.54) is 23.1 Å². The Morgan fingerprint density at radius 3 is 3.00 bits per heavy atom. The summed E-state index contributed by atoms with van der Waals surface area (Å²) in [4.78, 5) is 11.9. The average molecular weight is 319 g/mol. The Kier molecular flexibility index (Phi) is 4.58. The van der Waals surface area contributed by atoms with Gasteiger partial charge < -0.3 is 5.32 Å². The number of thioether (sulfide) groups is 1. The lowest BCUT2D eigenvalue weighted by Gasteiger charge is -2.05. The minimum absolute atomic E-state index is 0.0737. The van der Waals surface area contributed by atoms with Crippen LogP contribution in [-0.2, 0) is 14.6 Å². The highest BCUT2D eigenvalue weighted by Crippen LogP contribution is 2.26. The summed E-state index contributed by atoms with van der Waals surface area (Å²) >= 11 is 2.75. The van der Waals surface area contributed by atoms with Gasteiger partial charge in [0.1, 0.15) is 0 Å². The van der Waals surface area contributed by atoms with Gasteiger partial charge in [-0.15, -0.1) is 16.8 Å². The molecule has 0 saturated carbocycles. The van der Waals surface area contributed by atoms with E-state index in [0.717, 1.165) is 10.1 Å². The number of nitrogens with one attached hydrogen (secondary N) is 1. The monoisotopic (exact) mass is 319 g/mol. The van der Waals surface area contributed by atoms with Gasteiger partial charge in [0.05, 0.1) is 17.4 Å². The van der Waals surface area contributed by atoms with E-state index in [4.69, 9.17) is 0 Å². The van der Waals surface area contributed by atoms with Crippen LogP contribution in [0.15, 0.2) is 17.0 Å². The fraction of sp³-hybridized carbons (Fsp3) is 0.500. The molecule has 104 valence electrons. The summed E-state index contributed by atoms with van der Waals surface area (Å²) in [5.74, 6) is -0.0310. The van der Waals surface area contributed by atoms with Crippen molar-refractivity contribution in [2.45, 2.75) is 10.8 Å². The molecule has 2 rings (SSSR count). The molecule has 1 unspecified atom stereocenters. The van der Waals surface area contributed by atoms with Crippen molar-refractivity contribution in [1.29, 1.82) is 0 Å². The van der Waals surface area contributed by atoms with Crippen LogP contribution < -0.4 is 5.32 Å². The highest BCUT2D eigenvalue weighted by Gasteiger charge is 2.33. The maximum atomic E-state index is 11.9. The van der Waals surface area contributed by atoms with E-state index in [9.17, 15) is 13.2 Å². The molecule has 1 fully saturated rings. The first-order valence-corrected chi connectivity index (χ1v) is 9.21. The maximum Gasteiger partial charge on any atom is 0.230 e. The van der Waals surface area contributed by atoms with Gasteiger partial charge in [0.25, 0.3) is 0 Å². The fourth-order valence-corrected chi connectivity index (χ4v) is 4.92. The zero-order valence-corrected chi connectivity index (χ0v) is 12.5. The summed E-state index contributed by atoms with van der Waals surface area (Å²) in [6.45, 7) is 3.61. The van der Waals surface area contributed by atoms with Crippen molar-refractivity contribution in [2.24, 2.45) is 5.92 Å². The Morgan fingerprint density at radius 1 is 1.58 bits per heavy atom. The van der Waals surface area contributed by atoms with Crippen molar-refractivity contribution in [3.05, 3.63) is 12.7 Å². The van der Waals surface area contributed by atoms with Gasteiger partial charge in [-0.05, 0) is 6.42 Å². The summed E-state index contributed by atoms with van der Waals surface area (Å²) in [5, 5.41) is 10.8. The Bertz CT molecular complexity index is 582. The molecular formula is C10H13N3O3S3. The summed E-state index contributed by atoms with van der Waals surface area (Å²) in [5.41, 5.74) is 0. The molecule has 1 aliphatic rings. The lowest BCUT2D eigenvalue weighted by Crippen LogP contribution is -2.23. The smallest absolute Gasteiger partial charge is 0.230 e. The van der Waals surface area contributed by atoms with Crippen LogP contribution in [0.25, 0.3) is 0 Å². The molecule has 1 aliphatic heterocycles. The lowest BCUT2D eigenvalue weighted by atomic mass is 10.1. The molecule has 1 saturated heterocycles. The largest absolute Gasteiger partial charge is 0.300 e. The molecule has 9 heteroatoms. The predicted molar refractivity (Wildman–Crippen MR) is 76.2 cm³/mol. The number of nitrogens with zero attached hydrogens (tertiary/aromatic N) is 2. The zero-order valence-electron chi connectivity index (χ0n) is 10.0. The molecule has 19 heavy (non-hydrogen) atoms. The standard InChI is InChI=1S/C10H13N3O3S3/c1-2-4-17-10-13-12-9(18-10)11-8(14)7-3-5-19(15,16)6-7/h2,7H,1,3-6H2,(H,11,12,14). The van der Waals surface area contributed by atoms with Crippen molar-refractivity contribution in [3.63, 3.8) is 0 Å². The molecule has 1 atom stereocenters. The van der Waals surface area contributed by atoms with Gasteiger partial charge in [0, 0.05) is 5.75 Å². The minimum atomic E-state index is -3.05. The molecule has 1 aromatic heterocycles. The van der Waals surface area contributed by atoms with Crippen LogP contribution in [0.3, 0.4) is 0 Å². The molecule has 2 heterocycles. The van der Waals surface area contributed by atoms with Crippen LogP contribution in [-0.4, -0.2) is 41.8 Å². The first kappa shape index (κ1) is 14.5. The third-order valence-electron chi connectivity index (χ3n) is 2.56. The Morgan fingerprint density at radius 2 is 2.37 bits per heavy atom. The molecule has 1 N–H and O–H groups in total. The van der Waals surface area contributed by atoms with E-state index in [1.807, 2.05) is 0 Å². The van der Waals surface area contributed by atoms with E-state index in [2.05, 4.69) is 22.1 Å². The van der Waals surface area contributed by atoms with E-state index in [1.54, 1.807) is 6.08 Å². The molecule has 0 aromatic carbocycles. The van der Waals surface area contributed by atoms with Crippen LogP contribution in [0, 0.1) is 5.92 Å². The Labute approximate surface area is 119 Å². The van der Waals surface area contributed by atoms with Crippen LogP contribution >= 0.6 is 23.1 Å². The van der Waals surface area contributed by atoms with Gasteiger partial charge in [-0.1, -0.05) is 29.2 Å².